The lowest BCUT2D eigenvalue weighted by atomic mass is 10.1. The van der Waals surface area contributed by atoms with Crippen LogP contribution < -0.4 is 10.1 Å². The van der Waals surface area contributed by atoms with E-state index in [0.29, 0.717) is 18.0 Å². The van der Waals surface area contributed by atoms with Crippen molar-refractivity contribution in [1.29, 1.82) is 0 Å². The van der Waals surface area contributed by atoms with Crippen LogP contribution in [0.4, 0.5) is 0 Å². The lowest BCUT2D eigenvalue weighted by Crippen LogP contribution is -2.24. The number of carboxylic acid groups (broad SMARTS) is 1. The quantitative estimate of drug-likeness (QED) is 0.745. The van der Waals surface area contributed by atoms with Gasteiger partial charge in [0, 0.05) is 5.02 Å². The van der Waals surface area contributed by atoms with Crippen molar-refractivity contribution in [2.75, 3.05) is 20.2 Å². The van der Waals surface area contributed by atoms with Crippen LogP contribution in [0.3, 0.4) is 0 Å². The summed E-state index contributed by atoms with van der Waals surface area (Å²) in [5, 5.41) is 11.9. The molecule has 0 spiro atoms. The second-order valence-corrected chi connectivity index (χ2v) is 3.71. The average molecular weight is 244 g/mol. The Hall–Kier alpha value is -1.26. The van der Waals surface area contributed by atoms with E-state index in [0.717, 1.165) is 11.3 Å². The van der Waals surface area contributed by atoms with E-state index < -0.39 is 5.97 Å². The Balaban J connectivity index is 2.51. The van der Waals surface area contributed by atoms with Gasteiger partial charge >= 0.3 is 5.97 Å². The third-order valence-corrected chi connectivity index (χ3v) is 2.32. The maximum Gasteiger partial charge on any atom is 0.317 e. The minimum atomic E-state index is -0.863. The SMILES string of the molecule is COc1ccc(Cl)cc1CCNCC(=O)O. The van der Waals surface area contributed by atoms with Gasteiger partial charge in [0.25, 0.3) is 0 Å². The Kier molecular flexibility index (Phi) is 5.08. The molecule has 88 valence electrons. The van der Waals surface area contributed by atoms with Crippen molar-refractivity contribution in [3.63, 3.8) is 0 Å². The van der Waals surface area contributed by atoms with Crippen LogP contribution in [-0.2, 0) is 11.2 Å². The number of hydrogen-bond donors (Lipinski definition) is 2. The Morgan fingerprint density at radius 1 is 1.56 bits per heavy atom. The Morgan fingerprint density at radius 2 is 2.31 bits per heavy atom. The number of aliphatic carboxylic acids is 1. The van der Waals surface area contributed by atoms with Crippen LogP contribution in [0.15, 0.2) is 18.2 Å². The van der Waals surface area contributed by atoms with E-state index in [4.69, 9.17) is 21.4 Å². The molecular formula is C11H14ClNO3. The molecule has 16 heavy (non-hydrogen) atoms. The number of methoxy groups -OCH3 is 1. The molecule has 0 amide bonds. The van der Waals surface area contributed by atoms with Gasteiger partial charge in [0.15, 0.2) is 0 Å². The van der Waals surface area contributed by atoms with Crippen LogP contribution in [0.25, 0.3) is 0 Å². The predicted molar refractivity (Wildman–Crippen MR) is 62.2 cm³/mol. The average Bonchev–Trinajstić information content (AvgIpc) is 2.24. The summed E-state index contributed by atoms with van der Waals surface area (Å²) in [5.74, 6) is -0.0976. The number of hydrogen-bond acceptors (Lipinski definition) is 3. The summed E-state index contributed by atoms with van der Waals surface area (Å²) in [5.41, 5.74) is 0.966. The summed E-state index contributed by atoms with van der Waals surface area (Å²) in [6, 6.07) is 5.38. The minimum Gasteiger partial charge on any atom is -0.496 e. The molecule has 0 aliphatic carbocycles. The Labute approximate surface area is 99.2 Å². The van der Waals surface area contributed by atoms with Gasteiger partial charge in [-0.3, -0.25) is 4.79 Å². The predicted octanol–water partition coefficient (Wildman–Crippen LogP) is 1.57. The Bertz CT molecular complexity index is 368. The molecule has 5 heteroatoms. The highest BCUT2D eigenvalue weighted by molar-refractivity contribution is 6.30. The zero-order valence-corrected chi connectivity index (χ0v) is 9.75. The molecule has 1 rings (SSSR count). The molecule has 1 aromatic carbocycles. The van der Waals surface area contributed by atoms with E-state index in [1.807, 2.05) is 6.07 Å². The number of benzene rings is 1. The third kappa shape index (κ3) is 4.08. The standard InChI is InChI=1S/C11H14ClNO3/c1-16-10-3-2-9(12)6-8(10)4-5-13-7-11(14)15/h2-3,6,13H,4-5,7H2,1H3,(H,14,15). The normalized spacial score (nSPS) is 10.1. The molecular weight excluding hydrogens is 230 g/mol. The van der Waals surface area contributed by atoms with E-state index >= 15 is 0 Å². The molecule has 2 N–H and O–H groups in total. The third-order valence-electron chi connectivity index (χ3n) is 2.09. The lowest BCUT2D eigenvalue weighted by molar-refractivity contribution is -0.135. The van der Waals surface area contributed by atoms with Gasteiger partial charge in [-0.15, -0.1) is 0 Å². The van der Waals surface area contributed by atoms with Gasteiger partial charge in [-0.2, -0.15) is 0 Å². The highest BCUT2D eigenvalue weighted by Crippen LogP contribution is 2.22. The van der Waals surface area contributed by atoms with Crippen molar-refractivity contribution >= 4 is 17.6 Å². The summed E-state index contributed by atoms with van der Waals surface area (Å²) in [6.45, 7) is 0.534. The molecule has 0 aromatic heterocycles. The molecule has 0 bridgehead atoms. The van der Waals surface area contributed by atoms with Crippen molar-refractivity contribution in [3.05, 3.63) is 28.8 Å². The second kappa shape index (κ2) is 6.35. The highest BCUT2D eigenvalue weighted by Gasteiger charge is 2.04. The zero-order valence-electron chi connectivity index (χ0n) is 9.00. The van der Waals surface area contributed by atoms with Crippen LogP contribution in [-0.4, -0.2) is 31.3 Å². The number of rotatable bonds is 6. The van der Waals surface area contributed by atoms with Gasteiger partial charge < -0.3 is 15.2 Å². The summed E-state index contributed by atoms with van der Waals surface area (Å²) in [4.78, 5) is 10.3. The van der Waals surface area contributed by atoms with E-state index in [9.17, 15) is 4.79 Å². The molecule has 0 fully saturated rings. The first-order valence-electron chi connectivity index (χ1n) is 4.88. The van der Waals surface area contributed by atoms with Crippen molar-refractivity contribution in [2.45, 2.75) is 6.42 Å². The number of ether oxygens (including phenoxy) is 1. The van der Waals surface area contributed by atoms with Crippen molar-refractivity contribution < 1.29 is 14.6 Å². The molecule has 0 unspecified atom stereocenters. The van der Waals surface area contributed by atoms with Crippen molar-refractivity contribution in [1.82, 2.24) is 5.32 Å². The highest BCUT2D eigenvalue weighted by atomic mass is 35.5. The summed E-state index contributed by atoms with van der Waals surface area (Å²) in [6.07, 6.45) is 0.678. The smallest absolute Gasteiger partial charge is 0.317 e. The van der Waals surface area contributed by atoms with Gasteiger partial charge in [-0.25, -0.2) is 0 Å². The van der Waals surface area contributed by atoms with E-state index in [1.165, 1.54) is 0 Å². The van der Waals surface area contributed by atoms with Gasteiger partial charge in [-0.1, -0.05) is 11.6 Å². The molecule has 4 nitrogen and oxygen atoms in total. The molecule has 0 heterocycles. The number of carboxylic acids is 1. The van der Waals surface area contributed by atoms with E-state index in [1.54, 1.807) is 19.2 Å². The number of carbonyl (C=O) groups is 1. The Morgan fingerprint density at radius 3 is 2.94 bits per heavy atom. The van der Waals surface area contributed by atoms with Gasteiger partial charge in [0.2, 0.25) is 0 Å². The minimum absolute atomic E-state index is 0.0388. The fourth-order valence-corrected chi connectivity index (χ4v) is 1.56. The van der Waals surface area contributed by atoms with Crippen LogP contribution in [0, 0.1) is 0 Å². The van der Waals surface area contributed by atoms with Gasteiger partial charge in [-0.05, 0) is 36.7 Å². The van der Waals surface area contributed by atoms with Crippen molar-refractivity contribution in [2.24, 2.45) is 0 Å². The summed E-state index contributed by atoms with van der Waals surface area (Å²) < 4.78 is 5.18. The first kappa shape index (κ1) is 12.8. The van der Waals surface area contributed by atoms with Gasteiger partial charge in [0.05, 0.1) is 13.7 Å². The van der Waals surface area contributed by atoms with Gasteiger partial charge in [0.1, 0.15) is 5.75 Å². The molecule has 0 aliphatic rings. The first-order chi connectivity index (χ1) is 7.63. The number of nitrogens with one attached hydrogen (secondary N) is 1. The fourth-order valence-electron chi connectivity index (χ4n) is 1.36. The van der Waals surface area contributed by atoms with Crippen LogP contribution in [0.2, 0.25) is 5.02 Å². The second-order valence-electron chi connectivity index (χ2n) is 3.28. The molecule has 0 saturated carbocycles. The topological polar surface area (TPSA) is 58.6 Å². The number of halogens is 1. The monoisotopic (exact) mass is 243 g/mol. The van der Waals surface area contributed by atoms with Crippen LogP contribution >= 0.6 is 11.6 Å². The fraction of sp³-hybridized carbons (Fsp3) is 0.364. The van der Waals surface area contributed by atoms with E-state index in [2.05, 4.69) is 5.32 Å². The first-order valence-corrected chi connectivity index (χ1v) is 5.26. The lowest BCUT2D eigenvalue weighted by Gasteiger charge is -2.08. The maximum absolute atomic E-state index is 10.3. The summed E-state index contributed by atoms with van der Waals surface area (Å²) in [7, 11) is 1.59. The maximum atomic E-state index is 10.3. The summed E-state index contributed by atoms with van der Waals surface area (Å²) >= 11 is 5.87. The molecule has 0 aliphatic heterocycles. The zero-order chi connectivity index (χ0) is 12.0. The molecule has 0 radical (unpaired) electrons. The molecule has 0 saturated heterocycles. The molecule has 1 aromatic rings. The van der Waals surface area contributed by atoms with Crippen LogP contribution in [0.5, 0.6) is 5.75 Å². The van der Waals surface area contributed by atoms with Crippen LogP contribution in [0.1, 0.15) is 5.56 Å². The van der Waals surface area contributed by atoms with Crippen molar-refractivity contribution in [3.8, 4) is 5.75 Å². The molecule has 0 atom stereocenters. The largest absolute Gasteiger partial charge is 0.496 e. The van der Waals surface area contributed by atoms with E-state index in [-0.39, 0.29) is 6.54 Å².